The highest BCUT2D eigenvalue weighted by Gasteiger charge is 2.18. The fourth-order valence-electron chi connectivity index (χ4n) is 2.66. The Kier molecular flexibility index (Phi) is 4.73. The van der Waals surface area contributed by atoms with Crippen LogP contribution in [-0.2, 0) is 0 Å². The first-order chi connectivity index (χ1) is 8.29. The molecule has 2 heteroatoms. The Hall–Kier alpha value is -0.690. The molecule has 1 aliphatic carbocycles. The Morgan fingerprint density at radius 3 is 2.41 bits per heavy atom. The minimum absolute atomic E-state index is 0.156. The van der Waals surface area contributed by atoms with Gasteiger partial charge in [0.25, 0.3) is 0 Å². The van der Waals surface area contributed by atoms with Crippen molar-refractivity contribution in [3.63, 3.8) is 0 Å². The lowest BCUT2D eigenvalue weighted by Crippen LogP contribution is -2.08. The first kappa shape index (κ1) is 12.8. The van der Waals surface area contributed by atoms with Crippen molar-refractivity contribution in [1.29, 1.82) is 0 Å². The lowest BCUT2D eigenvalue weighted by molar-refractivity contribution is 0.336. The number of alkyl halides is 1. The molecule has 1 fully saturated rings. The van der Waals surface area contributed by atoms with Crippen molar-refractivity contribution in [2.45, 2.75) is 43.9 Å². The van der Waals surface area contributed by atoms with E-state index in [0.717, 1.165) is 18.1 Å². The van der Waals surface area contributed by atoms with Gasteiger partial charge < -0.3 is 4.74 Å². The van der Waals surface area contributed by atoms with Crippen molar-refractivity contribution < 1.29 is 4.74 Å². The number of hydrogen-bond donors (Lipinski definition) is 0. The molecular formula is C15H21ClO. The third kappa shape index (κ3) is 3.64. The summed E-state index contributed by atoms with van der Waals surface area (Å²) in [6.07, 6.45) is 8.02. The second-order valence-electron chi connectivity index (χ2n) is 4.98. The molecule has 1 aromatic carbocycles. The molecule has 1 saturated carbocycles. The number of halogens is 1. The molecule has 0 N–H and O–H groups in total. The van der Waals surface area contributed by atoms with Gasteiger partial charge in [0.15, 0.2) is 0 Å². The van der Waals surface area contributed by atoms with Crippen LogP contribution in [0.5, 0.6) is 5.75 Å². The molecule has 2 rings (SSSR count). The molecule has 0 aliphatic heterocycles. The van der Waals surface area contributed by atoms with Crippen molar-refractivity contribution in [2.75, 3.05) is 7.11 Å². The summed E-state index contributed by atoms with van der Waals surface area (Å²) in [6.45, 7) is 0. The van der Waals surface area contributed by atoms with E-state index >= 15 is 0 Å². The highest BCUT2D eigenvalue weighted by molar-refractivity contribution is 6.20. The van der Waals surface area contributed by atoms with Crippen LogP contribution in [-0.4, -0.2) is 7.11 Å². The predicted octanol–water partition coefficient (Wildman–Crippen LogP) is 4.95. The summed E-state index contributed by atoms with van der Waals surface area (Å²) in [5.41, 5.74) is 1.22. The monoisotopic (exact) mass is 252 g/mol. The summed E-state index contributed by atoms with van der Waals surface area (Å²) in [7, 11) is 1.69. The Balaban J connectivity index is 1.91. The van der Waals surface area contributed by atoms with E-state index in [1.807, 2.05) is 12.1 Å². The Labute approximate surface area is 109 Å². The number of rotatable bonds is 4. The lowest BCUT2D eigenvalue weighted by Gasteiger charge is -2.23. The molecule has 0 aromatic heterocycles. The van der Waals surface area contributed by atoms with Gasteiger partial charge in [-0.15, -0.1) is 11.6 Å². The highest BCUT2D eigenvalue weighted by atomic mass is 35.5. The van der Waals surface area contributed by atoms with Gasteiger partial charge in [0, 0.05) is 0 Å². The van der Waals surface area contributed by atoms with E-state index in [1.165, 1.54) is 37.7 Å². The molecule has 94 valence electrons. The SMILES string of the molecule is COc1ccc(C(Cl)CC2CCCCC2)cc1. The minimum atomic E-state index is 0.156. The molecule has 1 nitrogen and oxygen atoms in total. The first-order valence-corrected chi connectivity index (χ1v) is 7.01. The van der Waals surface area contributed by atoms with Crippen molar-refractivity contribution in [1.82, 2.24) is 0 Å². The molecule has 17 heavy (non-hydrogen) atoms. The van der Waals surface area contributed by atoms with E-state index in [9.17, 15) is 0 Å². The summed E-state index contributed by atoms with van der Waals surface area (Å²) in [4.78, 5) is 0. The van der Waals surface area contributed by atoms with E-state index in [0.29, 0.717) is 0 Å². The molecule has 0 saturated heterocycles. The van der Waals surface area contributed by atoms with Crippen LogP contribution < -0.4 is 4.74 Å². The fourth-order valence-corrected chi connectivity index (χ4v) is 3.06. The van der Waals surface area contributed by atoms with Gasteiger partial charge >= 0.3 is 0 Å². The van der Waals surface area contributed by atoms with Crippen molar-refractivity contribution >= 4 is 11.6 Å². The molecule has 1 unspecified atom stereocenters. The topological polar surface area (TPSA) is 9.23 Å². The zero-order valence-electron chi connectivity index (χ0n) is 10.5. The van der Waals surface area contributed by atoms with Gasteiger partial charge in [-0.3, -0.25) is 0 Å². The van der Waals surface area contributed by atoms with Gasteiger partial charge in [0.2, 0.25) is 0 Å². The smallest absolute Gasteiger partial charge is 0.118 e. The van der Waals surface area contributed by atoms with Crippen molar-refractivity contribution in [3.05, 3.63) is 29.8 Å². The zero-order chi connectivity index (χ0) is 12.1. The van der Waals surface area contributed by atoms with Crippen LogP contribution >= 0.6 is 11.6 Å². The van der Waals surface area contributed by atoms with Gasteiger partial charge in [-0.2, -0.15) is 0 Å². The summed E-state index contributed by atoms with van der Waals surface area (Å²) < 4.78 is 5.16. The van der Waals surface area contributed by atoms with E-state index < -0.39 is 0 Å². The summed E-state index contributed by atoms with van der Waals surface area (Å²) in [5.74, 6) is 1.73. The number of benzene rings is 1. The molecule has 0 radical (unpaired) electrons. The van der Waals surface area contributed by atoms with Gasteiger partial charge in [-0.25, -0.2) is 0 Å². The maximum atomic E-state index is 6.49. The molecule has 0 bridgehead atoms. The Morgan fingerprint density at radius 1 is 1.18 bits per heavy atom. The normalized spacial score (nSPS) is 18.9. The zero-order valence-corrected chi connectivity index (χ0v) is 11.2. The second-order valence-corrected chi connectivity index (χ2v) is 5.51. The molecule has 0 heterocycles. The number of ether oxygens (including phenoxy) is 1. The third-order valence-corrected chi connectivity index (χ3v) is 4.17. The Morgan fingerprint density at radius 2 is 1.82 bits per heavy atom. The van der Waals surface area contributed by atoms with Crippen LogP contribution in [0, 0.1) is 5.92 Å². The maximum Gasteiger partial charge on any atom is 0.118 e. The number of hydrogen-bond acceptors (Lipinski definition) is 1. The van der Waals surface area contributed by atoms with Crippen LogP contribution in [0.3, 0.4) is 0 Å². The summed E-state index contributed by atoms with van der Waals surface area (Å²) >= 11 is 6.49. The molecule has 1 aliphatic rings. The van der Waals surface area contributed by atoms with Gasteiger partial charge in [-0.1, -0.05) is 44.2 Å². The fraction of sp³-hybridized carbons (Fsp3) is 0.600. The van der Waals surface area contributed by atoms with Crippen molar-refractivity contribution in [3.8, 4) is 5.75 Å². The first-order valence-electron chi connectivity index (χ1n) is 6.57. The molecule has 1 aromatic rings. The van der Waals surface area contributed by atoms with Gasteiger partial charge in [0.1, 0.15) is 5.75 Å². The number of methoxy groups -OCH3 is 1. The highest BCUT2D eigenvalue weighted by Crippen LogP contribution is 2.35. The van der Waals surface area contributed by atoms with Crippen LogP contribution in [0.1, 0.15) is 49.5 Å². The minimum Gasteiger partial charge on any atom is -0.497 e. The van der Waals surface area contributed by atoms with E-state index in [1.54, 1.807) is 7.11 Å². The third-order valence-electron chi connectivity index (χ3n) is 3.74. The molecule has 0 spiro atoms. The Bertz CT molecular complexity index is 327. The van der Waals surface area contributed by atoms with E-state index in [-0.39, 0.29) is 5.38 Å². The van der Waals surface area contributed by atoms with Crippen LogP contribution in [0.15, 0.2) is 24.3 Å². The van der Waals surface area contributed by atoms with Crippen molar-refractivity contribution in [2.24, 2.45) is 5.92 Å². The van der Waals surface area contributed by atoms with E-state index in [2.05, 4.69) is 12.1 Å². The molecule has 0 amide bonds. The average molecular weight is 253 g/mol. The molecule has 1 atom stereocenters. The maximum absolute atomic E-state index is 6.49. The van der Waals surface area contributed by atoms with Crippen LogP contribution in [0.25, 0.3) is 0 Å². The predicted molar refractivity (Wildman–Crippen MR) is 72.8 cm³/mol. The average Bonchev–Trinajstić information content (AvgIpc) is 2.40. The van der Waals surface area contributed by atoms with Gasteiger partial charge in [-0.05, 0) is 30.0 Å². The lowest BCUT2D eigenvalue weighted by atomic mass is 9.85. The quantitative estimate of drug-likeness (QED) is 0.690. The summed E-state index contributed by atoms with van der Waals surface area (Å²) in [6, 6.07) is 8.15. The second kappa shape index (κ2) is 6.30. The van der Waals surface area contributed by atoms with Crippen LogP contribution in [0.2, 0.25) is 0 Å². The summed E-state index contributed by atoms with van der Waals surface area (Å²) in [5, 5.41) is 0.156. The van der Waals surface area contributed by atoms with E-state index in [4.69, 9.17) is 16.3 Å². The van der Waals surface area contributed by atoms with Crippen LogP contribution in [0.4, 0.5) is 0 Å². The standard InChI is InChI=1S/C15H21ClO/c1-17-14-9-7-13(8-10-14)15(16)11-12-5-3-2-4-6-12/h7-10,12,15H,2-6,11H2,1H3. The molecular weight excluding hydrogens is 232 g/mol. The van der Waals surface area contributed by atoms with Gasteiger partial charge in [0.05, 0.1) is 12.5 Å². The largest absolute Gasteiger partial charge is 0.497 e.